The number of hydrogen-bond donors (Lipinski definition) is 2. The van der Waals surface area contributed by atoms with Crippen LogP contribution in [0.4, 0.5) is 5.82 Å². The fourth-order valence-corrected chi connectivity index (χ4v) is 1.77. The maximum absolute atomic E-state index is 11.9. The summed E-state index contributed by atoms with van der Waals surface area (Å²) in [6, 6.07) is 0. The molecule has 0 unspecified atom stereocenters. The molecule has 0 aromatic carbocycles. The van der Waals surface area contributed by atoms with Crippen molar-refractivity contribution in [2.24, 2.45) is 0 Å². The summed E-state index contributed by atoms with van der Waals surface area (Å²) in [6.45, 7) is 9.96. The van der Waals surface area contributed by atoms with Crippen LogP contribution in [0.5, 0.6) is 0 Å². The molecule has 1 aromatic heterocycles. The van der Waals surface area contributed by atoms with Crippen LogP contribution in [-0.4, -0.2) is 16.6 Å². The Kier molecular flexibility index (Phi) is 3.93. The number of ether oxygens (including phenoxy) is 1. The normalized spacial score (nSPS) is 12.1. The highest BCUT2D eigenvalue weighted by atomic mass is 16.5. The molecule has 0 aliphatic carbocycles. The van der Waals surface area contributed by atoms with Crippen LogP contribution in [0.3, 0.4) is 0 Å². The van der Waals surface area contributed by atoms with E-state index in [1.807, 2.05) is 34.6 Å². The molecule has 0 bridgehead atoms. The lowest BCUT2D eigenvalue weighted by atomic mass is 10.0. The first-order valence-electron chi connectivity index (χ1n) is 5.83. The Morgan fingerprint density at radius 1 is 1.47 bits per heavy atom. The second-order valence-electron chi connectivity index (χ2n) is 4.81. The van der Waals surface area contributed by atoms with Gasteiger partial charge in [-0.1, -0.05) is 13.8 Å². The van der Waals surface area contributed by atoms with E-state index < -0.39 is 5.60 Å². The van der Waals surface area contributed by atoms with Crippen molar-refractivity contribution in [3.63, 3.8) is 0 Å². The number of aromatic nitrogens is 2. The number of nitrogens with one attached hydrogen (secondary N) is 1. The van der Waals surface area contributed by atoms with Gasteiger partial charge in [-0.15, -0.1) is 0 Å². The molecule has 1 rings (SSSR count). The third-order valence-electron chi connectivity index (χ3n) is 2.64. The van der Waals surface area contributed by atoms with Crippen LogP contribution in [0.25, 0.3) is 0 Å². The Bertz CT molecular complexity index is 450. The summed E-state index contributed by atoms with van der Waals surface area (Å²) in [5.74, 6) is 0.799. The lowest BCUT2D eigenvalue weighted by molar-refractivity contribution is -0.0209. The summed E-state index contributed by atoms with van der Waals surface area (Å²) in [4.78, 5) is 18.9. The van der Waals surface area contributed by atoms with Gasteiger partial charge in [0.25, 0.3) is 5.56 Å². The predicted molar refractivity (Wildman–Crippen MR) is 68.0 cm³/mol. The lowest BCUT2D eigenvalue weighted by Crippen LogP contribution is -2.30. The van der Waals surface area contributed by atoms with Crippen LogP contribution in [0, 0.1) is 0 Å². The molecular formula is C12H21N3O2. The number of nitrogen functional groups attached to an aromatic ring is 1. The van der Waals surface area contributed by atoms with E-state index in [2.05, 4.69) is 9.97 Å². The summed E-state index contributed by atoms with van der Waals surface area (Å²) in [7, 11) is 0. The molecule has 0 saturated carbocycles. The van der Waals surface area contributed by atoms with Crippen LogP contribution in [0.1, 0.15) is 51.9 Å². The number of nitrogens with two attached hydrogens (primary N) is 1. The Hall–Kier alpha value is -1.36. The SMILES string of the molecule is CCOC(C)(C)c1nc(N)c(C(C)C)c(=O)[nH]1. The van der Waals surface area contributed by atoms with Gasteiger partial charge in [0.15, 0.2) is 0 Å². The minimum Gasteiger partial charge on any atom is -0.383 e. The zero-order valence-electron chi connectivity index (χ0n) is 11.1. The Morgan fingerprint density at radius 3 is 2.47 bits per heavy atom. The van der Waals surface area contributed by atoms with Gasteiger partial charge in [-0.3, -0.25) is 4.79 Å². The fourth-order valence-electron chi connectivity index (χ4n) is 1.77. The molecular weight excluding hydrogens is 218 g/mol. The highest BCUT2D eigenvalue weighted by Crippen LogP contribution is 2.23. The van der Waals surface area contributed by atoms with Crippen molar-refractivity contribution in [2.75, 3.05) is 12.3 Å². The summed E-state index contributed by atoms with van der Waals surface area (Å²) in [6.07, 6.45) is 0. The number of hydrogen-bond acceptors (Lipinski definition) is 4. The molecule has 17 heavy (non-hydrogen) atoms. The number of anilines is 1. The monoisotopic (exact) mass is 239 g/mol. The Labute approximate surface area is 101 Å². The summed E-state index contributed by atoms with van der Waals surface area (Å²) in [5.41, 5.74) is 5.53. The summed E-state index contributed by atoms with van der Waals surface area (Å²) >= 11 is 0. The number of rotatable bonds is 4. The van der Waals surface area contributed by atoms with Crippen molar-refractivity contribution in [2.45, 2.75) is 46.1 Å². The molecule has 5 nitrogen and oxygen atoms in total. The smallest absolute Gasteiger partial charge is 0.256 e. The lowest BCUT2D eigenvalue weighted by Gasteiger charge is -2.24. The van der Waals surface area contributed by atoms with E-state index in [1.165, 1.54) is 0 Å². The van der Waals surface area contributed by atoms with E-state index >= 15 is 0 Å². The molecule has 0 aliphatic heterocycles. The highest BCUT2D eigenvalue weighted by Gasteiger charge is 2.25. The first kappa shape index (κ1) is 13.7. The highest BCUT2D eigenvalue weighted by molar-refractivity contribution is 5.40. The van der Waals surface area contributed by atoms with Gasteiger partial charge in [-0.05, 0) is 26.7 Å². The fraction of sp³-hybridized carbons (Fsp3) is 0.667. The quantitative estimate of drug-likeness (QED) is 0.838. The molecule has 0 spiro atoms. The van der Waals surface area contributed by atoms with Gasteiger partial charge < -0.3 is 15.5 Å². The zero-order chi connectivity index (χ0) is 13.2. The molecule has 0 atom stereocenters. The Balaban J connectivity index is 3.28. The zero-order valence-corrected chi connectivity index (χ0v) is 11.1. The molecule has 1 heterocycles. The van der Waals surface area contributed by atoms with Crippen molar-refractivity contribution in [1.82, 2.24) is 9.97 Å². The van der Waals surface area contributed by atoms with Crippen LogP contribution in [0.15, 0.2) is 4.79 Å². The minimum atomic E-state index is -0.641. The molecule has 3 N–H and O–H groups in total. The van der Waals surface area contributed by atoms with E-state index in [9.17, 15) is 4.79 Å². The molecule has 0 amide bonds. The molecule has 0 saturated heterocycles. The molecule has 1 aromatic rings. The van der Waals surface area contributed by atoms with Crippen molar-refractivity contribution in [3.05, 3.63) is 21.7 Å². The third-order valence-corrected chi connectivity index (χ3v) is 2.64. The maximum atomic E-state index is 11.9. The topological polar surface area (TPSA) is 81.0 Å². The van der Waals surface area contributed by atoms with Gasteiger partial charge in [-0.25, -0.2) is 4.98 Å². The van der Waals surface area contributed by atoms with E-state index in [4.69, 9.17) is 10.5 Å². The summed E-state index contributed by atoms with van der Waals surface area (Å²) < 4.78 is 5.54. The average Bonchev–Trinajstić information content (AvgIpc) is 2.15. The standard InChI is InChI=1S/C12H21N3O2/c1-6-17-12(4,5)11-14-9(13)8(7(2)3)10(16)15-11/h7H,6H2,1-5H3,(H3,13,14,15,16). The molecule has 0 fully saturated rings. The molecule has 0 aliphatic rings. The van der Waals surface area contributed by atoms with Gasteiger partial charge in [0, 0.05) is 6.61 Å². The van der Waals surface area contributed by atoms with Crippen LogP contribution in [0.2, 0.25) is 0 Å². The predicted octanol–water partition coefficient (Wildman–Crippen LogP) is 1.75. The van der Waals surface area contributed by atoms with Crippen molar-refractivity contribution in [3.8, 4) is 0 Å². The maximum Gasteiger partial charge on any atom is 0.256 e. The second-order valence-corrected chi connectivity index (χ2v) is 4.81. The van der Waals surface area contributed by atoms with Gasteiger partial charge in [0.1, 0.15) is 17.2 Å². The van der Waals surface area contributed by atoms with Crippen LogP contribution < -0.4 is 11.3 Å². The van der Waals surface area contributed by atoms with Crippen molar-refractivity contribution < 1.29 is 4.74 Å². The van der Waals surface area contributed by atoms with Gasteiger partial charge in [0.05, 0.1) is 5.56 Å². The van der Waals surface area contributed by atoms with E-state index in [-0.39, 0.29) is 17.3 Å². The largest absolute Gasteiger partial charge is 0.383 e. The second kappa shape index (κ2) is 4.87. The van der Waals surface area contributed by atoms with E-state index in [0.717, 1.165) is 0 Å². The van der Waals surface area contributed by atoms with Crippen molar-refractivity contribution >= 4 is 5.82 Å². The van der Waals surface area contributed by atoms with E-state index in [0.29, 0.717) is 18.0 Å². The molecule has 0 radical (unpaired) electrons. The number of aromatic amines is 1. The first-order chi connectivity index (χ1) is 7.79. The van der Waals surface area contributed by atoms with Gasteiger partial charge in [0.2, 0.25) is 0 Å². The average molecular weight is 239 g/mol. The third kappa shape index (κ3) is 2.85. The number of nitrogens with zero attached hydrogens (tertiary/aromatic N) is 1. The minimum absolute atomic E-state index is 0.0514. The molecule has 5 heteroatoms. The first-order valence-corrected chi connectivity index (χ1v) is 5.83. The van der Waals surface area contributed by atoms with E-state index in [1.54, 1.807) is 0 Å². The van der Waals surface area contributed by atoms with Crippen LogP contribution in [-0.2, 0) is 10.3 Å². The van der Waals surface area contributed by atoms with Gasteiger partial charge in [-0.2, -0.15) is 0 Å². The Morgan fingerprint density at radius 2 is 2.06 bits per heavy atom. The molecule has 96 valence electrons. The number of H-pyrrole nitrogens is 1. The summed E-state index contributed by atoms with van der Waals surface area (Å²) in [5, 5.41) is 0. The van der Waals surface area contributed by atoms with Crippen LogP contribution >= 0.6 is 0 Å². The van der Waals surface area contributed by atoms with Crippen molar-refractivity contribution in [1.29, 1.82) is 0 Å². The van der Waals surface area contributed by atoms with Gasteiger partial charge >= 0.3 is 0 Å².